The smallest absolute Gasteiger partial charge is 0.251 e. The third-order valence-corrected chi connectivity index (χ3v) is 7.03. The van der Waals surface area contributed by atoms with E-state index >= 15 is 0 Å². The van der Waals surface area contributed by atoms with Gasteiger partial charge in [-0.15, -0.1) is 10.2 Å². The summed E-state index contributed by atoms with van der Waals surface area (Å²) in [6.07, 6.45) is 0. The first-order chi connectivity index (χ1) is 16.7. The molecule has 0 bridgehead atoms. The van der Waals surface area contributed by atoms with E-state index in [1.54, 1.807) is 12.1 Å². The standard InChI is InChI=1S/C26H32BrN5O2S/c1-6-32-24(23(17(4)5)29-25(34)18-10-8-7-9-11-18)30-31-26(32)35-15-22(33)28-21-13-12-19(27)14-20(21)16(2)3/h7-14,16-17,23H,6,15H2,1-5H3,(H,28,33)(H,29,34)/t23-/m1/s1. The molecule has 186 valence electrons. The number of carbonyl (C=O) groups excluding carboxylic acids is 2. The molecule has 0 aliphatic rings. The molecule has 3 aromatic rings. The van der Waals surface area contributed by atoms with Crippen LogP contribution < -0.4 is 10.6 Å². The molecule has 2 amide bonds. The number of halogens is 1. The Balaban J connectivity index is 1.72. The van der Waals surface area contributed by atoms with Gasteiger partial charge < -0.3 is 15.2 Å². The fourth-order valence-corrected chi connectivity index (χ4v) is 4.91. The third kappa shape index (κ3) is 6.95. The Bertz CT molecular complexity index is 1160. The van der Waals surface area contributed by atoms with Crippen molar-refractivity contribution in [2.24, 2.45) is 5.92 Å². The summed E-state index contributed by atoms with van der Waals surface area (Å²) in [4.78, 5) is 25.5. The van der Waals surface area contributed by atoms with Crippen LogP contribution in [0.1, 0.15) is 68.3 Å². The fraction of sp³-hybridized carbons (Fsp3) is 0.385. The highest BCUT2D eigenvalue weighted by molar-refractivity contribution is 9.10. The van der Waals surface area contributed by atoms with Gasteiger partial charge in [0, 0.05) is 22.3 Å². The molecule has 9 heteroatoms. The number of hydrogen-bond acceptors (Lipinski definition) is 5. The predicted octanol–water partition coefficient (Wildman–Crippen LogP) is 6.04. The molecule has 7 nitrogen and oxygen atoms in total. The maximum atomic E-state index is 12.8. The molecule has 35 heavy (non-hydrogen) atoms. The SMILES string of the molecule is CCn1c(SCC(=O)Nc2ccc(Br)cc2C(C)C)nnc1[C@H](NC(=O)c1ccccc1)C(C)C. The Morgan fingerprint density at radius 1 is 1.06 bits per heavy atom. The molecule has 0 spiro atoms. The zero-order valence-electron chi connectivity index (χ0n) is 20.7. The molecule has 0 radical (unpaired) electrons. The first kappa shape index (κ1) is 26.9. The number of anilines is 1. The number of nitrogens with one attached hydrogen (secondary N) is 2. The first-order valence-electron chi connectivity index (χ1n) is 11.7. The van der Waals surface area contributed by atoms with E-state index in [-0.39, 0.29) is 35.4 Å². The van der Waals surface area contributed by atoms with Crippen LogP contribution in [0, 0.1) is 5.92 Å². The topological polar surface area (TPSA) is 88.9 Å². The lowest BCUT2D eigenvalue weighted by molar-refractivity contribution is -0.113. The Labute approximate surface area is 219 Å². The van der Waals surface area contributed by atoms with Crippen molar-refractivity contribution < 1.29 is 9.59 Å². The first-order valence-corrected chi connectivity index (χ1v) is 13.5. The number of hydrogen-bond donors (Lipinski definition) is 2. The van der Waals surface area contributed by atoms with Gasteiger partial charge in [-0.05, 0) is 54.7 Å². The molecular formula is C26H32BrN5O2S. The zero-order chi connectivity index (χ0) is 25.5. The van der Waals surface area contributed by atoms with Crippen LogP contribution in [0.15, 0.2) is 58.2 Å². The summed E-state index contributed by atoms with van der Waals surface area (Å²) in [6.45, 7) is 10.9. The van der Waals surface area contributed by atoms with Gasteiger partial charge in [0.1, 0.15) is 0 Å². The molecule has 2 N–H and O–H groups in total. The van der Waals surface area contributed by atoms with Crippen LogP contribution in [0.4, 0.5) is 5.69 Å². The second-order valence-corrected chi connectivity index (χ2v) is 10.7. The third-order valence-electron chi connectivity index (χ3n) is 5.57. The van der Waals surface area contributed by atoms with Crippen LogP contribution in [-0.4, -0.2) is 32.3 Å². The van der Waals surface area contributed by atoms with Crippen molar-refractivity contribution in [2.75, 3.05) is 11.1 Å². The highest BCUT2D eigenvalue weighted by Gasteiger charge is 2.26. The van der Waals surface area contributed by atoms with Crippen LogP contribution in [0.5, 0.6) is 0 Å². The normalized spacial score (nSPS) is 12.1. The number of amides is 2. The lowest BCUT2D eigenvalue weighted by Gasteiger charge is -2.22. The number of benzene rings is 2. The minimum absolute atomic E-state index is 0.102. The molecule has 1 heterocycles. The average Bonchev–Trinajstić information content (AvgIpc) is 3.24. The van der Waals surface area contributed by atoms with Gasteiger partial charge in [-0.25, -0.2) is 0 Å². The Kier molecular flexibility index (Phi) is 9.51. The van der Waals surface area contributed by atoms with Gasteiger partial charge in [-0.3, -0.25) is 9.59 Å². The minimum atomic E-state index is -0.310. The van der Waals surface area contributed by atoms with E-state index in [1.807, 2.05) is 61.7 Å². The highest BCUT2D eigenvalue weighted by Crippen LogP contribution is 2.29. The molecule has 0 saturated carbocycles. The Morgan fingerprint density at radius 3 is 2.40 bits per heavy atom. The van der Waals surface area contributed by atoms with Crippen molar-refractivity contribution in [3.05, 3.63) is 70.0 Å². The summed E-state index contributed by atoms with van der Waals surface area (Å²) >= 11 is 4.84. The van der Waals surface area contributed by atoms with Gasteiger partial charge >= 0.3 is 0 Å². The lowest BCUT2D eigenvalue weighted by Crippen LogP contribution is -2.33. The zero-order valence-corrected chi connectivity index (χ0v) is 23.1. The quantitative estimate of drug-likeness (QED) is 0.296. The molecule has 0 aliphatic carbocycles. The monoisotopic (exact) mass is 557 g/mol. The van der Waals surface area contributed by atoms with E-state index in [0.29, 0.717) is 23.1 Å². The average molecular weight is 559 g/mol. The molecule has 0 unspecified atom stereocenters. The highest BCUT2D eigenvalue weighted by atomic mass is 79.9. The van der Waals surface area contributed by atoms with Gasteiger partial charge in [-0.2, -0.15) is 0 Å². The molecule has 0 saturated heterocycles. The van der Waals surface area contributed by atoms with Crippen molar-refractivity contribution in [3.8, 4) is 0 Å². The second-order valence-electron chi connectivity index (χ2n) is 8.87. The number of aromatic nitrogens is 3. The van der Waals surface area contributed by atoms with E-state index in [4.69, 9.17) is 0 Å². The van der Waals surface area contributed by atoms with Gasteiger partial charge in [-0.1, -0.05) is 73.6 Å². The van der Waals surface area contributed by atoms with Crippen LogP contribution in [0.3, 0.4) is 0 Å². The predicted molar refractivity (Wildman–Crippen MR) is 145 cm³/mol. The van der Waals surface area contributed by atoms with Gasteiger partial charge in [0.15, 0.2) is 11.0 Å². The van der Waals surface area contributed by atoms with Crippen molar-refractivity contribution in [2.45, 2.75) is 58.3 Å². The summed E-state index contributed by atoms with van der Waals surface area (Å²) in [5.74, 6) is 1.01. The number of rotatable bonds is 10. The number of carbonyl (C=O) groups is 2. The van der Waals surface area contributed by atoms with Crippen molar-refractivity contribution in [1.29, 1.82) is 0 Å². The maximum absolute atomic E-state index is 12.8. The fourth-order valence-electron chi connectivity index (χ4n) is 3.72. The molecule has 3 rings (SSSR count). The van der Waals surface area contributed by atoms with Crippen LogP contribution in [0.2, 0.25) is 0 Å². The van der Waals surface area contributed by atoms with Crippen LogP contribution in [-0.2, 0) is 11.3 Å². The lowest BCUT2D eigenvalue weighted by atomic mass is 10.0. The second kappa shape index (κ2) is 12.4. The van der Waals surface area contributed by atoms with Crippen molar-refractivity contribution in [3.63, 3.8) is 0 Å². The number of nitrogens with zero attached hydrogens (tertiary/aromatic N) is 3. The summed E-state index contributed by atoms with van der Waals surface area (Å²) in [5, 5.41) is 15.5. The summed E-state index contributed by atoms with van der Waals surface area (Å²) in [6, 6.07) is 14.7. The summed E-state index contributed by atoms with van der Waals surface area (Å²) in [7, 11) is 0. The molecular weight excluding hydrogens is 526 g/mol. The summed E-state index contributed by atoms with van der Waals surface area (Å²) in [5.41, 5.74) is 2.49. The maximum Gasteiger partial charge on any atom is 0.251 e. The minimum Gasteiger partial charge on any atom is -0.342 e. The van der Waals surface area contributed by atoms with E-state index < -0.39 is 0 Å². The van der Waals surface area contributed by atoms with E-state index in [1.165, 1.54) is 11.8 Å². The van der Waals surface area contributed by atoms with E-state index in [2.05, 4.69) is 50.6 Å². The molecule has 1 atom stereocenters. The van der Waals surface area contributed by atoms with Crippen molar-refractivity contribution in [1.82, 2.24) is 20.1 Å². The largest absolute Gasteiger partial charge is 0.342 e. The molecule has 0 fully saturated rings. The number of thioether (sulfide) groups is 1. The van der Waals surface area contributed by atoms with Crippen molar-refractivity contribution >= 4 is 45.2 Å². The summed E-state index contributed by atoms with van der Waals surface area (Å²) < 4.78 is 2.95. The van der Waals surface area contributed by atoms with E-state index in [0.717, 1.165) is 15.7 Å². The molecule has 0 aliphatic heterocycles. The van der Waals surface area contributed by atoms with Crippen LogP contribution >= 0.6 is 27.7 Å². The Morgan fingerprint density at radius 2 is 1.77 bits per heavy atom. The molecule has 1 aromatic heterocycles. The van der Waals surface area contributed by atoms with E-state index in [9.17, 15) is 9.59 Å². The Hall–Kier alpha value is -2.65. The van der Waals surface area contributed by atoms with Gasteiger partial charge in [0.2, 0.25) is 5.91 Å². The van der Waals surface area contributed by atoms with Gasteiger partial charge in [0.05, 0.1) is 11.8 Å². The molecule has 2 aromatic carbocycles. The van der Waals surface area contributed by atoms with Gasteiger partial charge in [0.25, 0.3) is 5.91 Å². The van der Waals surface area contributed by atoms with Crippen LogP contribution in [0.25, 0.3) is 0 Å².